The van der Waals surface area contributed by atoms with Crippen LogP contribution in [0.2, 0.25) is 0 Å². The normalized spacial score (nSPS) is 11.6. The molecule has 0 fully saturated rings. The molecule has 0 aliphatic rings. The number of pyridine rings is 1. The zero-order valence-corrected chi connectivity index (χ0v) is 10.9. The summed E-state index contributed by atoms with van der Waals surface area (Å²) in [6, 6.07) is 3.90. The van der Waals surface area contributed by atoms with Crippen LogP contribution in [0.25, 0.3) is 0 Å². The Labute approximate surface area is 98.1 Å². The molecule has 3 heteroatoms. The molecular formula is C13H22N2O. The largest absolute Gasteiger partial charge is 0.392 e. The highest BCUT2D eigenvalue weighted by Crippen LogP contribution is 2.19. The van der Waals surface area contributed by atoms with Crippen LogP contribution in [-0.4, -0.2) is 23.7 Å². The first-order valence-electron chi connectivity index (χ1n) is 5.62. The number of aliphatic hydroxyl groups excluding tert-OH is 1. The minimum Gasteiger partial charge on any atom is -0.392 e. The van der Waals surface area contributed by atoms with Gasteiger partial charge in [0.25, 0.3) is 0 Å². The molecule has 1 aromatic rings. The van der Waals surface area contributed by atoms with E-state index >= 15 is 0 Å². The molecule has 3 nitrogen and oxygen atoms in total. The maximum absolute atomic E-state index is 9.08. The summed E-state index contributed by atoms with van der Waals surface area (Å²) in [6.07, 6.45) is 0. The van der Waals surface area contributed by atoms with Crippen LogP contribution in [-0.2, 0) is 6.61 Å². The fraction of sp³-hybridized carbons (Fsp3) is 0.615. The van der Waals surface area contributed by atoms with Crippen molar-refractivity contribution in [2.24, 2.45) is 5.41 Å². The van der Waals surface area contributed by atoms with E-state index in [4.69, 9.17) is 5.11 Å². The van der Waals surface area contributed by atoms with Gasteiger partial charge in [0.05, 0.1) is 6.61 Å². The quantitative estimate of drug-likeness (QED) is 0.853. The molecule has 0 aromatic carbocycles. The van der Waals surface area contributed by atoms with Crippen LogP contribution in [0.5, 0.6) is 0 Å². The van der Waals surface area contributed by atoms with Gasteiger partial charge >= 0.3 is 0 Å². The van der Waals surface area contributed by atoms with Crippen LogP contribution in [0.15, 0.2) is 12.1 Å². The van der Waals surface area contributed by atoms with Gasteiger partial charge in [0.2, 0.25) is 0 Å². The van der Waals surface area contributed by atoms with Crippen LogP contribution in [0.1, 0.15) is 32.0 Å². The molecule has 0 aliphatic heterocycles. The summed E-state index contributed by atoms with van der Waals surface area (Å²) in [5, 5.41) is 9.08. The van der Waals surface area contributed by atoms with Gasteiger partial charge in [-0.25, -0.2) is 4.98 Å². The smallest absolute Gasteiger partial charge is 0.128 e. The minimum atomic E-state index is 0.0576. The summed E-state index contributed by atoms with van der Waals surface area (Å²) in [7, 11) is 2.05. The summed E-state index contributed by atoms with van der Waals surface area (Å²) < 4.78 is 0. The highest BCUT2D eigenvalue weighted by atomic mass is 16.3. The van der Waals surface area contributed by atoms with Crippen molar-refractivity contribution in [3.63, 3.8) is 0 Å². The number of anilines is 1. The molecule has 0 saturated carbocycles. The molecule has 0 saturated heterocycles. The Bertz CT molecular complexity index is 355. The predicted molar refractivity (Wildman–Crippen MR) is 67.6 cm³/mol. The molecule has 90 valence electrons. The van der Waals surface area contributed by atoms with E-state index in [1.807, 2.05) is 26.1 Å². The molecular weight excluding hydrogens is 200 g/mol. The molecule has 0 amide bonds. The molecule has 1 N–H and O–H groups in total. The third kappa shape index (κ3) is 3.49. The molecule has 0 unspecified atom stereocenters. The summed E-state index contributed by atoms with van der Waals surface area (Å²) in [5.41, 5.74) is 2.05. The lowest BCUT2D eigenvalue weighted by Gasteiger charge is -2.27. The summed E-state index contributed by atoms with van der Waals surface area (Å²) >= 11 is 0. The molecule has 0 bridgehead atoms. The van der Waals surface area contributed by atoms with Gasteiger partial charge in [-0.05, 0) is 24.0 Å². The second kappa shape index (κ2) is 4.83. The fourth-order valence-corrected chi connectivity index (χ4v) is 1.75. The van der Waals surface area contributed by atoms with Crippen molar-refractivity contribution in [2.75, 3.05) is 18.5 Å². The zero-order chi connectivity index (χ0) is 12.3. The first-order valence-corrected chi connectivity index (χ1v) is 5.62. The molecule has 0 radical (unpaired) electrons. The van der Waals surface area contributed by atoms with Crippen LogP contribution >= 0.6 is 0 Å². The Balaban J connectivity index is 2.85. The topological polar surface area (TPSA) is 36.4 Å². The highest BCUT2D eigenvalue weighted by Gasteiger charge is 2.15. The maximum Gasteiger partial charge on any atom is 0.128 e. The van der Waals surface area contributed by atoms with Gasteiger partial charge in [-0.2, -0.15) is 0 Å². The maximum atomic E-state index is 9.08. The van der Waals surface area contributed by atoms with E-state index in [0.717, 1.165) is 23.6 Å². The molecule has 1 heterocycles. The van der Waals surface area contributed by atoms with Crippen LogP contribution < -0.4 is 4.90 Å². The summed E-state index contributed by atoms with van der Waals surface area (Å²) in [5.74, 6) is 0.963. The Kier molecular flexibility index (Phi) is 3.92. The van der Waals surface area contributed by atoms with Crippen molar-refractivity contribution in [1.82, 2.24) is 4.98 Å². The number of hydrogen-bond donors (Lipinski definition) is 1. The van der Waals surface area contributed by atoms with E-state index in [2.05, 4.69) is 30.7 Å². The Morgan fingerprint density at radius 2 is 1.94 bits per heavy atom. The fourth-order valence-electron chi connectivity index (χ4n) is 1.75. The van der Waals surface area contributed by atoms with E-state index in [-0.39, 0.29) is 12.0 Å². The van der Waals surface area contributed by atoms with Crippen molar-refractivity contribution in [3.8, 4) is 0 Å². The van der Waals surface area contributed by atoms with E-state index in [0.29, 0.717) is 0 Å². The number of aliphatic hydroxyl groups is 1. The van der Waals surface area contributed by atoms with Gasteiger partial charge in [-0.15, -0.1) is 0 Å². The number of aryl methyl sites for hydroxylation is 1. The Morgan fingerprint density at radius 1 is 1.31 bits per heavy atom. The minimum absolute atomic E-state index is 0.0576. The number of rotatable bonds is 3. The van der Waals surface area contributed by atoms with Gasteiger partial charge in [0.15, 0.2) is 0 Å². The second-order valence-electron chi connectivity index (χ2n) is 5.49. The monoisotopic (exact) mass is 222 g/mol. The van der Waals surface area contributed by atoms with E-state index in [1.165, 1.54) is 0 Å². The summed E-state index contributed by atoms with van der Waals surface area (Å²) in [6.45, 7) is 9.56. The molecule has 0 atom stereocenters. The van der Waals surface area contributed by atoms with Crippen molar-refractivity contribution in [1.29, 1.82) is 0 Å². The standard InChI is InChI=1S/C13H22N2O/c1-10-11(8-16)6-7-12(14-10)15(5)9-13(2,3)4/h6-7,16H,8-9H2,1-5H3. The van der Waals surface area contributed by atoms with Crippen LogP contribution in [0.4, 0.5) is 5.82 Å². The molecule has 16 heavy (non-hydrogen) atoms. The zero-order valence-electron chi connectivity index (χ0n) is 10.9. The molecule has 0 spiro atoms. The lowest BCUT2D eigenvalue weighted by atomic mass is 9.96. The third-order valence-electron chi connectivity index (χ3n) is 2.45. The average Bonchev–Trinajstić information content (AvgIpc) is 2.15. The first kappa shape index (κ1) is 13.0. The van der Waals surface area contributed by atoms with Crippen LogP contribution in [0, 0.1) is 12.3 Å². The van der Waals surface area contributed by atoms with E-state index in [1.54, 1.807) is 0 Å². The highest BCUT2D eigenvalue weighted by molar-refractivity contribution is 5.40. The summed E-state index contributed by atoms with van der Waals surface area (Å²) in [4.78, 5) is 6.64. The second-order valence-corrected chi connectivity index (χ2v) is 5.49. The van der Waals surface area contributed by atoms with Gasteiger partial charge in [-0.3, -0.25) is 0 Å². The van der Waals surface area contributed by atoms with E-state index < -0.39 is 0 Å². The van der Waals surface area contributed by atoms with Crippen molar-refractivity contribution < 1.29 is 5.11 Å². The lowest BCUT2D eigenvalue weighted by molar-refractivity contribution is 0.280. The van der Waals surface area contributed by atoms with Gasteiger partial charge in [-0.1, -0.05) is 26.8 Å². The van der Waals surface area contributed by atoms with Crippen molar-refractivity contribution in [3.05, 3.63) is 23.4 Å². The molecule has 1 rings (SSSR count). The first-order chi connectivity index (χ1) is 7.33. The molecule has 0 aliphatic carbocycles. The van der Waals surface area contributed by atoms with Crippen LogP contribution in [0.3, 0.4) is 0 Å². The average molecular weight is 222 g/mol. The Morgan fingerprint density at radius 3 is 2.38 bits per heavy atom. The lowest BCUT2D eigenvalue weighted by Crippen LogP contribution is -2.29. The predicted octanol–water partition coefficient (Wildman–Crippen LogP) is 2.36. The van der Waals surface area contributed by atoms with Gasteiger partial charge < -0.3 is 10.0 Å². The van der Waals surface area contributed by atoms with Gasteiger partial charge in [0.1, 0.15) is 5.82 Å². The SMILES string of the molecule is Cc1nc(N(C)CC(C)(C)C)ccc1CO. The van der Waals surface area contributed by atoms with E-state index in [9.17, 15) is 0 Å². The van der Waals surface area contributed by atoms with Crippen molar-refractivity contribution in [2.45, 2.75) is 34.3 Å². The van der Waals surface area contributed by atoms with Crippen molar-refractivity contribution >= 4 is 5.82 Å². The third-order valence-corrected chi connectivity index (χ3v) is 2.45. The Hall–Kier alpha value is -1.09. The number of nitrogens with zero attached hydrogens (tertiary/aromatic N) is 2. The number of hydrogen-bond acceptors (Lipinski definition) is 3. The van der Waals surface area contributed by atoms with Gasteiger partial charge in [0, 0.05) is 19.3 Å². The number of aromatic nitrogens is 1. The molecule has 1 aromatic heterocycles.